The van der Waals surface area contributed by atoms with Gasteiger partial charge in [0.05, 0.1) is 4.92 Å². The van der Waals surface area contributed by atoms with Crippen molar-refractivity contribution in [1.29, 1.82) is 0 Å². The molecule has 0 heterocycles. The van der Waals surface area contributed by atoms with Gasteiger partial charge < -0.3 is 10.6 Å². The van der Waals surface area contributed by atoms with E-state index in [1.165, 1.54) is 36.0 Å². The molecule has 7 nitrogen and oxygen atoms in total. The lowest BCUT2D eigenvalue weighted by Crippen LogP contribution is -2.19. The second-order valence-electron chi connectivity index (χ2n) is 7.03. The van der Waals surface area contributed by atoms with Gasteiger partial charge in [-0.25, -0.2) is 0 Å². The second-order valence-corrected chi connectivity index (χ2v) is 8.21. The summed E-state index contributed by atoms with van der Waals surface area (Å²) in [6.45, 7) is 1.94. The minimum Gasteiger partial charge on any atom is -0.326 e. The summed E-state index contributed by atoms with van der Waals surface area (Å²) in [5, 5.41) is 16.0. The molecule has 0 aliphatic carbocycles. The molecule has 0 radical (unpaired) electrons. The Morgan fingerprint density at radius 3 is 2.31 bits per heavy atom. The van der Waals surface area contributed by atoms with Crippen LogP contribution in [-0.2, 0) is 9.59 Å². The van der Waals surface area contributed by atoms with E-state index < -0.39 is 10.2 Å². The predicted molar refractivity (Wildman–Crippen MR) is 127 cm³/mol. The molecule has 2 N–H and O–H groups in total. The van der Waals surface area contributed by atoms with E-state index >= 15 is 0 Å². The Labute approximate surface area is 190 Å². The SMILES string of the molecule is CCCC(=O)Nc1cccc(SC(C(=O)Nc2ccc([N+](=O)[O-])cc2)c2ccccc2)c1. The van der Waals surface area contributed by atoms with E-state index in [0.717, 1.165) is 16.9 Å². The number of amides is 2. The molecule has 3 aromatic carbocycles. The number of rotatable bonds is 9. The highest BCUT2D eigenvalue weighted by Crippen LogP contribution is 2.37. The number of hydrogen-bond donors (Lipinski definition) is 2. The average molecular weight is 450 g/mol. The largest absolute Gasteiger partial charge is 0.326 e. The van der Waals surface area contributed by atoms with Crippen molar-refractivity contribution in [3.05, 3.63) is 94.5 Å². The fourth-order valence-corrected chi connectivity index (χ4v) is 4.09. The van der Waals surface area contributed by atoms with Crippen LogP contribution < -0.4 is 10.6 Å². The molecule has 0 bridgehead atoms. The molecule has 164 valence electrons. The third-order valence-corrected chi connectivity index (χ3v) is 5.78. The lowest BCUT2D eigenvalue weighted by atomic mass is 10.1. The van der Waals surface area contributed by atoms with Gasteiger partial charge in [0.2, 0.25) is 11.8 Å². The molecule has 0 aliphatic heterocycles. The number of carbonyl (C=O) groups is 2. The molecule has 0 fully saturated rings. The third-order valence-electron chi connectivity index (χ3n) is 4.53. The van der Waals surface area contributed by atoms with Gasteiger partial charge in [0.25, 0.3) is 5.69 Å². The number of non-ortho nitro benzene ring substituents is 1. The Morgan fingerprint density at radius 2 is 1.66 bits per heavy atom. The molecule has 0 aliphatic rings. The van der Waals surface area contributed by atoms with Gasteiger partial charge in [0.15, 0.2) is 0 Å². The van der Waals surface area contributed by atoms with Crippen LogP contribution >= 0.6 is 11.8 Å². The maximum atomic E-state index is 13.1. The molecule has 3 aromatic rings. The van der Waals surface area contributed by atoms with Crippen molar-refractivity contribution in [1.82, 2.24) is 0 Å². The first-order chi connectivity index (χ1) is 15.5. The number of hydrogen-bond acceptors (Lipinski definition) is 5. The summed E-state index contributed by atoms with van der Waals surface area (Å²) in [4.78, 5) is 36.3. The first-order valence-corrected chi connectivity index (χ1v) is 11.0. The first kappa shape index (κ1) is 23.0. The summed E-state index contributed by atoms with van der Waals surface area (Å²) >= 11 is 1.36. The summed E-state index contributed by atoms with van der Waals surface area (Å²) in [5.74, 6) is -0.305. The Balaban J connectivity index is 1.80. The van der Waals surface area contributed by atoms with Gasteiger partial charge in [0, 0.05) is 34.8 Å². The standard InChI is InChI=1S/C24H23N3O4S/c1-2-7-22(28)25-19-10-6-11-21(16-19)32-23(17-8-4-3-5-9-17)24(29)26-18-12-14-20(15-13-18)27(30)31/h3-6,8-16,23H,2,7H2,1H3,(H,25,28)(H,26,29). The van der Waals surface area contributed by atoms with Gasteiger partial charge >= 0.3 is 0 Å². The summed E-state index contributed by atoms with van der Waals surface area (Å²) in [7, 11) is 0. The maximum absolute atomic E-state index is 13.1. The smallest absolute Gasteiger partial charge is 0.269 e. The fraction of sp³-hybridized carbons (Fsp3) is 0.167. The van der Waals surface area contributed by atoms with Gasteiger partial charge in [-0.2, -0.15) is 0 Å². The van der Waals surface area contributed by atoms with Crippen LogP contribution in [0.4, 0.5) is 17.1 Å². The van der Waals surface area contributed by atoms with Gasteiger partial charge in [0.1, 0.15) is 5.25 Å². The van der Waals surface area contributed by atoms with E-state index in [4.69, 9.17) is 0 Å². The topological polar surface area (TPSA) is 101 Å². The summed E-state index contributed by atoms with van der Waals surface area (Å²) in [5.41, 5.74) is 1.93. The molecule has 0 spiro atoms. The van der Waals surface area contributed by atoms with Crippen molar-refractivity contribution < 1.29 is 14.5 Å². The van der Waals surface area contributed by atoms with Crippen molar-refractivity contribution in [3.8, 4) is 0 Å². The Hall–Kier alpha value is -3.65. The van der Waals surface area contributed by atoms with E-state index in [2.05, 4.69) is 10.6 Å². The highest BCUT2D eigenvalue weighted by Gasteiger charge is 2.22. The summed E-state index contributed by atoms with van der Waals surface area (Å²) in [6, 6.07) is 22.4. The summed E-state index contributed by atoms with van der Waals surface area (Å²) in [6.07, 6.45) is 1.21. The maximum Gasteiger partial charge on any atom is 0.269 e. The number of nitrogens with zero attached hydrogens (tertiary/aromatic N) is 1. The molecule has 0 aromatic heterocycles. The Kier molecular flexibility index (Phi) is 7.99. The lowest BCUT2D eigenvalue weighted by molar-refractivity contribution is -0.384. The van der Waals surface area contributed by atoms with Gasteiger partial charge in [-0.05, 0) is 42.3 Å². The van der Waals surface area contributed by atoms with Crippen LogP contribution in [0.5, 0.6) is 0 Å². The molecular weight excluding hydrogens is 426 g/mol. The van der Waals surface area contributed by atoms with Gasteiger partial charge in [-0.15, -0.1) is 11.8 Å². The number of nitro groups is 1. The van der Waals surface area contributed by atoms with Crippen LogP contribution in [0.3, 0.4) is 0 Å². The minimum atomic E-state index is -0.562. The molecule has 0 saturated carbocycles. The minimum absolute atomic E-state index is 0.0427. The fourth-order valence-electron chi connectivity index (χ4n) is 3.01. The van der Waals surface area contributed by atoms with E-state index in [0.29, 0.717) is 17.8 Å². The van der Waals surface area contributed by atoms with Crippen molar-refractivity contribution in [2.45, 2.75) is 29.9 Å². The molecular formula is C24H23N3O4S. The van der Waals surface area contributed by atoms with E-state index in [1.807, 2.05) is 61.5 Å². The van der Waals surface area contributed by atoms with Crippen LogP contribution in [-0.4, -0.2) is 16.7 Å². The third kappa shape index (κ3) is 6.42. The number of anilines is 2. The van der Waals surface area contributed by atoms with Crippen LogP contribution in [0.25, 0.3) is 0 Å². The Morgan fingerprint density at radius 1 is 0.938 bits per heavy atom. The van der Waals surface area contributed by atoms with Crippen LogP contribution in [0.1, 0.15) is 30.6 Å². The number of carbonyl (C=O) groups excluding carboxylic acids is 2. The molecule has 8 heteroatoms. The Bertz CT molecular complexity index is 1090. The highest BCUT2D eigenvalue weighted by atomic mass is 32.2. The van der Waals surface area contributed by atoms with Crippen molar-refractivity contribution in [2.75, 3.05) is 10.6 Å². The van der Waals surface area contributed by atoms with E-state index in [1.54, 1.807) is 0 Å². The van der Waals surface area contributed by atoms with Crippen molar-refractivity contribution >= 4 is 40.6 Å². The average Bonchev–Trinajstić information content (AvgIpc) is 2.79. The van der Waals surface area contributed by atoms with E-state index in [-0.39, 0.29) is 17.5 Å². The number of nitrogens with one attached hydrogen (secondary N) is 2. The molecule has 32 heavy (non-hydrogen) atoms. The molecule has 0 saturated heterocycles. The lowest BCUT2D eigenvalue weighted by Gasteiger charge is -2.17. The zero-order valence-corrected chi connectivity index (χ0v) is 18.3. The normalized spacial score (nSPS) is 11.4. The van der Waals surface area contributed by atoms with Gasteiger partial charge in [-0.1, -0.05) is 43.3 Å². The first-order valence-electron chi connectivity index (χ1n) is 10.1. The van der Waals surface area contributed by atoms with Crippen molar-refractivity contribution in [3.63, 3.8) is 0 Å². The quantitative estimate of drug-likeness (QED) is 0.244. The monoisotopic (exact) mass is 449 g/mol. The van der Waals surface area contributed by atoms with Gasteiger partial charge in [-0.3, -0.25) is 19.7 Å². The van der Waals surface area contributed by atoms with Crippen molar-refractivity contribution in [2.24, 2.45) is 0 Å². The summed E-state index contributed by atoms with van der Waals surface area (Å²) < 4.78 is 0. The molecule has 1 unspecified atom stereocenters. The number of benzene rings is 3. The second kappa shape index (κ2) is 11.1. The number of nitro benzene ring substituents is 1. The number of thioether (sulfide) groups is 1. The highest BCUT2D eigenvalue weighted by molar-refractivity contribution is 8.00. The van der Waals surface area contributed by atoms with E-state index in [9.17, 15) is 19.7 Å². The molecule has 2 amide bonds. The molecule has 1 atom stereocenters. The van der Waals surface area contributed by atoms with Crippen LogP contribution in [0.2, 0.25) is 0 Å². The van der Waals surface area contributed by atoms with Crippen LogP contribution in [0.15, 0.2) is 83.8 Å². The zero-order chi connectivity index (χ0) is 22.9. The van der Waals surface area contributed by atoms with Crippen LogP contribution in [0, 0.1) is 10.1 Å². The molecule has 3 rings (SSSR count). The zero-order valence-electron chi connectivity index (χ0n) is 17.5. The predicted octanol–water partition coefficient (Wildman–Crippen LogP) is 5.81.